The van der Waals surface area contributed by atoms with E-state index in [1.54, 1.807) is 17.7 Å². The standard InChI is InChI=1S/C26H21N3OS/c1-2-30-22-14-12-21(13-15-22)29-25-24-23(16-31-26(24)28-17-27-25)20-10-8-19(9-11-20)18-6-4-3-5-7-18/h3-17H,2H2,1H3,(H,27,28,29). The number of benzene rings is 3. The van der Waals surface area contributed by atoms with Crippen LogP contribution in [0.4, 0.5) is 11.5 Å². The van der Waals surface area contributed by atoms with Gasteiger partial charge in [0.05, 0.1) is 12.0 Å². The van der Waals surface area contributed by atoms with Crippen LogP contribution in [-0.2, 0) is 0 Å². The van der Waals surface area contributed by atoms with Crippen LogP contribution < -0.4 is 10.1 Å². The molecule has 0 atom stereocenters. The molecule has 0 spiro atoms. The summed E-state index contributed by atoms with van der Waals surface area (Å²) in [6.07, 6.45) is 1.61. The van der Waals surface area contributed by atoms with Crippen LogP contribution in [0.1, 0.15) is 6.92 Å². The highest BCUT2D eigenvalue weighted by atomic mass is 32.1. The van der Waals surface area contributed by atoms with Crippen molar-refractivity contribution in [2.24, 2.45) is 0 Å². The van der Waals surface area contributed by atoms with Crippen molar-refractivity contribution in [3.05, 3.63) is 90.6 Å². The summed E-state index contributed by atoms with van der Waals surface area (Å²) in [5, 5.41) is 6.64. The molecule has 0 saturated heterocycles. The number of ether oxygens (including phenoxy) is 1. The Morgan fingerprint density at radius 3 is 2.26 bits per heavy atom. The fraction of sp³-hybridized carbons (Fsp3) is 0.0769. The van der Waals surface area contributed by atoms with Crippen LogP contribution >= 0.6 is 11.3 Å². The van der Waals surface area contributed by atoms with E-state index in [9.17, 15) is 0 Å². The van der Waals surface area contributed by atoms with Crippen LogP contribution in [0.3, 0.4) is 0 Å². The maximum absolute atomic E-state index is 5.54. The Morgan fingerprint density at radius 1 is 0.806 bits per heavy atom. The van der Waals surface area contributed by atoms with Crippen LogP contribution in [0.5, 0.6) is 5.75 Å². The zero-order valence-electron chi connectivity index (χ0n) is 17.1. The molecule has 5 heteroatoms. The summed E-state index contributed by atoms with van der Waals surface area (Å²) in [5.74, 6) is 1.66. The summed E-state index contributed by atoms with van der Waals surface area (Å²) >= 11 is 1.63. The zero-order valence-corrected chi connectivity index (χ0v) is 17.9. The minimum atomic E-state index is 0.653. The lowest BCUT2D eigenvalue weighted by molar-refractivity contribution is 0.340. The Hall–Kier alpha value is -3.70. The summed E-state index contributed by atoms with van der Waals surface area (Å²) in [6.45, 7) is 2.63. The number of thiophene rings is 1. The Labute approximate surface area is 185 Å². The van der Waals surface area contributed by atoms with Gasteiger partial charge < -0.3 is 10.1 Å². The zero-order chi connectivity index (χ0) is 21.0. The molecule has 0 aliphatic carbocycles. The van der Waals surface area contributed by atoms with Crippen molar-refractivity contribution in [3.8, 4) is 28.0 Å². The van der Waals surface area contributed by atoms with E-state index < -0.39 is 0 Å². The van der Waals surface area contributed by atoms with E-state index in [1.165, 1.54) is 11.1 Å². The Kier molecular flexibility index (Phi) is 5.33. The van der Waals surface area contributed by atoms with Crippen molar-refractivity contribution < 1.29 is 4.74 Å². The average Bonchev–Trinajstić information content (AvgIpc) is 3.27. The molecule has 0 bridgehead atoms. The minimum absolute atomic E-state index is 0.653. The molecule has 5 aromatic rings. The minimum Gasteiger partial charge on any atom is -0.494 e. The van der Waals surface area contributed by atoms with Crippen molar-refractivity contribution in [2.45, 2.75) is 6.92 Å². The molecule has 2 aromatic heterocycles. The third kappa shape index (κ3) is 4.00. The summed E-state index contributed by atoms with van der Waals surface area (Å²) in [5.41, 5.74) is 5.66. The molecule has 1 N–H and O–H groups in total. The first-order valence-corrected chi connectivity index (χ1v) is 11.1. The number of anilines is 2. The number of rotatable bonds is 6. The summed E-state index contributed by atoms with van der Waals surface area (Å²) in [6, 6.07) is 27.0. The summed E-state index contributed by atoms with van der Waals surface area (Å²) in [7, 11) is 0. The first-order valence-electron chi connectivity index (χ1n) is 10.2. The Morgan fingerprint density at radius 2 is 1.52 bits per heavy atom. The lowest BCUT2D eigenvalue weighted by atomic mass is 10.0. The number of nitrogens with one attached hydrogen (secondary N) is 1. The van der Waals surface area contributed by atoms with Gasteiger partial charge in [-0.05, 0) is 47.9 Å². The van der Waals surface area contributed by atoms with E-state index in [1.807, 2.05) is 37.3 Å². The first-order chi connectivity index (χ1) is 15.3. The van der Waals surface area contributed by atoms with Gasteiger partial charge in [-0.1, -0.05) is 54.6 Å². The van der Waals surface area contributed by atoms with E-state index in [4.69, 9.17) is 4.74 Å². The molecule has 0 unspecified atom stereocenters. The number of hydrogen-bond acceptors (Lipinski definition) is 5. The molecule has 2 heterocycles. The second kappa shape index (κ2) is 8.58. The monoisotopic (exact) mass is 423 g/mol. The molecule has 0 fully saturated rings. The van der Waals surface area contributed by atoms with E-state index in [2.05, 4.69) is 69.2 Å². The quantitative estimate of drug-likeness (QED) is 0.314. The molecular weight excluding hydrogens is 402 g/mol. The van der Waals surface area contributed by atoms with Crippen LogP contribution in [0, 0.1) is 0 Å². The topological polar surface area (TPSA) is 47.0 Å². The van der Waals surface area contributed by atoms with E-state index >= 15 is 0 Å². The molecule has 4 nitrogen and oxygen atoms in total. The summed E-state index contributed by atoms with van der Waals surface area (Å²) in [4.78, 5) is 9.98. The smallest absolute Gasteiger partial charge is 0.143 e. The van der Waals surface area contributed by atoms with Gasteiger partial charge in [-0.3, -0.25) is 0 Å². The molecular formula is C26H21N3OS. The Bertz CT molecular complexity index is 1300. The molecule has 5 rings (SSSR count). The molecule has 0 radical (unpaired) electrons. The fourth-order valence-electron chi connectivity index (χ4n) is 3.59. The average molecular weight is 424 g/mol. The van der Waals surface area contributed by atoms with Gasteiger partial charge in [0, 0.05) is 16.6 Å². The van der Waals surface area contributed by atoms with Crippen LogP contribution in [0.25, 0.3) is 32.5 Å². The van der Waals surface area contributed by atoms with Crippen LogP contribution in [0.2, 0.25) is 0 Å². The Balaban J connectivity index is 1.49. The third-order valence-corrected chi connectivity index (χ3v) is 5.99. The predicted octanol–water partition coefficient (Wildman–Crippen LogP) is 7.17. The summed E-state index contributed by atoms with van der Waals surface area (Å²) < 4.78 is 5.54. The number of nitrogens with zero attached hydrogens (tertiary/aromatic N) is 2. The predicted molar refractivity (Wildman–Crippen MR) is 129 cm³/mol. The molecule has 31 heavy (non-hydrogen) atoms. The van der Waals surface area contributed by atoms with Crippen molar-refractivity contribution in [1.82, 2.24) is 9.97 Å². The van der Waals surface area contributed by atoms with Crippen LogP contribution in [0.15, 0.2) is 90.6 Å². The SMILES string of the molecule is CCOc1ccc(Nc2ncnc3scc(-c4ccc(-c5ccccc5)cc4)c23)cc1. The molecule has 152 valence electrons. The normalized spacial score (nSPS) is 10.9. The number of hydrogen-bond donors (Lipinski definition) is 1. The van der Waals surface area contributed by atoms with Crippen LogP contribution in [-0.4, -0.2) is 16.6 Å². The van der Waals surface area contributed by atoms with Gasteiger partial charge in [0.25, 0.3) is 0 Å². The van der Waals surface area contributed by atoms with Crippen molar-refractivity contribution in [3.63, 3.8) is 0 Å². The second-order valence-corrected chi connectivity index (χ2v) is 7.94. The highest BCUT2D eigenvalue weighted by Gasteiger charge is 2.13. The lowest BCUT2D eigenvalue weighted by Crippen LogP contribution is -1.96. The largest absolute Gasteiger partial charge is 0.494 e. The highest BCUT2D eigenvalue weighted by Crippen LogP contribution is 2.38. The van der Waals surface area contributed by atoms with Crippen molar-refractivity contribution in [1.29, 1.82) is 0 Å². The molecule has 0 amide bonds. The maximum atomic E-state index is 5.54. The highest BCUT2D eigenvalue weighted by molar-refractivity contribution is 7.17. The molecule has 3 aromatic carbocycles. The van der Waals surface area contributed by atoms with Gasteiger partial charge in [0.15, 0.2) is 0 Å². The second-order valence-electron chi connectivity index (χ2n) is 7.08. The van der Waals surface area contributed by atoms with E-state index in [-0.39, 0.29) is 0 Å². The van der Waals surface area contributed by atoms with Gasteiger partial charge in [0.2, 0.25) is 0 Å². The van der Waals surface area contributed by atoms with Gasteiger partial charge in [0.1, 0.15) is 22.7 Å². The number of fused-ring (bicyclic) bond motifs is 1. The van der Waals surface area contributed by atoms with Crippen molar-refractivity contribution >= 4 is 33.1 Å². The molecule has 0 saturated carbocycles. The van der Waals surface area contributed by atoms with Gasteiger partial charge >= 0.3 is 0 Å². The third-order valence-electron chi connectivity index (χ3n) is 5.10. The molecule has 0 aliphatic heterocycles. The lowest BCUT2D eigenvalue weighted by Gasteiger charge is -2.10. The maximum Gasteiger partial charge on any atom is 0.143 e. The fourth-order valence-corrected chi connectivity index (χ4v) is 4.51. The van der Waals surface area contributed by atoms with Gasteiger partial charge in [-0.15, -0.1) is 11.3 Å². The van der Waals surface area contributed by atoms with E-state index in [0.717, 1.165) is 38.6 Å². The number of aromatic nitrogens is 2. The van der Waals surface area contributed by atoms with Gasteiger partial charge in [-0.2, -0.15) is 0 Å². The van der Waals surface area contributed by atoms with Gasteiger partial charge in [-0.25, -0.2) is 9.97 Å². The van der Waals surface area contributed by atoms with E-state index in [0.29, 0.717) is 6.61 Å². The van der Waals surface area contributed by atoms with Crippen molar-refractivity contribution in [2.75, 3.05) is 11.9 Å². The first kappa shape index (κ1) is 19.3. The molecule has 0 aliphatic rings.